The number of carbonyl (C=O) groups is 1. The van der Waals surface area contributed by atoms with Gasteiger partial charge in [-0.2, -0.15) is 0 Å². The number of aliphatic hydroxyl groups excluding tert-OH is 3. The van der Waals surface area contributed by atoms with Gasteiger partial charge in [0.05, 0.1) is 12.2 Å². The minimum atomic E-state index is -0.673. The Balaban J connectivity index is 1.90. The van der Waals surface area contributed by atoms with E-state index in [0.717, 1.165) is 18.4 Å². The van der Waals surface area contributed by atoms with Gasteiger partial charge in [0, 0.05) is 17.9 Å². The number of hydrogen-bond donors (Lipinski definition) is 3. The van der Waals surface area contributed by atoms with E-state index in [1.165, 1.54) is 12.8 Å². The summed E-state index contributed by atoms with van der Waals surface area (Å²) < 4.78 is 0. The molecule has 0 amide bonds. The van der Waals surface area contributed by atoms with Crippen LogP contribution in [0.25, 0.3) is 0 Å². The number of allylic oxidation sites excluding steroid dienone is 1. The van der Waals surface area contributed by atoms with E-state index in [2.05, 4.69) is 27.7 Å². The molecule has 0 aromatic rings. The predicted octanol–water partition coefficient (Wildman–Crippen LogP) is 4.51. The van der Waals surface area contributed by atoms with Crippen molar-refractivity contribution in [2.75, 3.05) is 6.61 Å². The number of fused-ring (bicyclic) bond motifs is 1. The summed E-state index contributed by atoms with van der Waals surface area (Å²) in [6.45, 7) is 11.3. The third-order valence-electron chi connectivity index (χ3n) is 9.21. The standard InChI is InChI=1S/C26H44O4/c1-16(2)6-7-17(3)20-8-9-21(25(20,4)12-13-27)19-15-23(29)22-14-18(28)10-11-26(22,5)24(19)30/h15-18,20-23,27-29H,6-14H2,1-5H3/t17-,18+,20-,21+,22-,23+,25-,26+/m1/s1. The molecule has 3 aliphatic carbocycles. The maximum Gasteiger partial charge on any atom is 0.165 e. The van der Waals surface area contributed by atoms with E-state index in [0.29, 0.717) is 43.4 Å². The molecule has 172 valence electrons. The number of carbonyl (C=O) groups excluding carboxylic acids is 1. The monoisotopic (exact) mass is 420 g/mol. The largest absolute Gasteiger partial charge is 0.396 e. The van der Waals surface area contributed by atoms with Crippen molar-refractivity contribution in [3.8, 4) is 0 Å². The number of hydrogen-bond acceptors (Lipinski definition) is 4. The number of rotatable bonds is 7. The van der Waals surface area contributed by atoms with Gasteiger partial charge >= 0.3 is 0 Å². The molecule has 2 saturated carbocycles. The summed E-state index contributed by atoms with van der Waals surface area (Å²) in [5.41, 5.74) is 0.112. The summed E-state index contributed by atoms with van der Waals surface area (Å²) in [6, 6.07) is 0. The second kappa shape index (κ2) is 9.03. The number of aliphatic hydroxyl groups is 3. The van der Waals surface area contributed by atoms with Crippen LogP contribution in [-0.2, 0) is 4.79 Å². The van der Waals surface area contributed by atoms with Crippen molar-refractivity contribution in [2.24, 2.45) is 40.4 Å². The van der Waals surface area contributed by atoms with E-state index in [1.807, 2.05) is 13.0 Å². The lowest BCUT2D eigenvalue weighted by atomic mass is 9.55. The van der Waals surface area contributed by atoms with Gasteiger partial charge in [-0.3, -0.25) is 4.79 Å². The minimum Gasteiger partial charge on any atom is -0.396 e. The Hall–Kier alpha value is -0.710. The van der Waals surface area contributed by atoms with Crippen LogP contribution in [0.5, 0.6) is 0 Å². The molecule has 2 fully saturated rings. The van der Waals surface area contributed by atoms with E-state index in [1.54, 1.807) is 0 Å². The highest BCUT2D eigenvalue weighted by Crippen LogP contribution is 2.59. The first-order valence-corrected chi connectivity index (χ1v) is 12.3. The van der Waals surface area contributed by atoms with Crippen molar-refractivity contribution in [3.63, 3.8) is 0 Å². The molecule has 0 radical (unpaired) electrons. The molecule has 0 spiro atoms. The smallest absolute Gasteiger partial charge is 0.165 e. The molecule has 0 saturated heterocycles. The van der Waals surface area contributed by atoms with Gasteiger partial charge in [0.2, 0.25) is 0 Å². The van der Waals surface area contributed by atoms with Crippen molar-refractivity contribution in [2.45, 2.75) is 98.2 Å². The lowest BCUT2D eigenvalue weighted by Gasteiger charge is -2.49. The molecule has 0 heterocycles. The van der Waals surface area contributed by atoms with E-state index in [9.17, 15) is 20.1 Å². The van der Waals surface area contributed by atoms with Gasteiger partial charge < -0.3 is 15.3 Å². The van der Waals surface area contributed by atoms with Gasteiger partial charge in [-0.15, -0.1) is 0 Å². The third kappa shape index (κ3) is 4.17. The molecule has 3 N–H and O–H groups in total. The molecule has 4 nitrogen and oxygen atoms in total. The summed E-state index contributed by atoms with van der Waals surface area (Å²) in [5, 5.41) is 31.0. The lowest BCUT2D eigenvalue weighted by molar-refractivity contribution is -0.138. The van der Waals surface area contributed by atoms with Crippen molar-refractivity contribution < 1.29 is 20.1 Å². The van der Waals surface area contributed by atoms with Crippen LogP contribution in [0, 0.1) is 40.4 Å². The van der Waals surface area contributed by atoms with Crippen LogP contribution in [0.3, 0.4) is 0 Å². The minimum absolute atomic E-state index is 0.0999. The molecule has 3 aliphatic rings. The van der Waals surface area contributed by atoms with Crippen LogP contribution in [0.4, 0.5) is 0 Å². The van der Waals surface area contributed by atoms with Gasteiger partial charge in [0.1, 0.15) is 0 Å². The van der Waals surface area contributed by atoms with Gasteiger partial charge in [-0.05, 0) is 79.3 Å². The number of Topliss-reactive ketones (excluding diaryl/α,β-unsaturated/α-hetero) is 1. The van der Waals surface area contributed by atoms with Crippen molar-refractivity contribution in [1.29, 1.82) is 0 Å². The first kappa shape index (κ1) is 23.9. The Morgan fingerprint density at radius 3 is 2.43 bits per heavy atom. The first-order chi connectivity index (χ1) is 14.0. The molecule has 3 rings (SSSR count). The zero-order valence-electron chi connectivity index (χ0n) is 19.7. The fourth-order valence-electron chi connectivity index (χ4n) is 7.21. The topological polar surface area (TPSA) is 77.8 Å². The normalized spacial score (nSPS) is 42.9. The zero-order valence-corrected chi connectivity index (χ0v) is 19.7. The summed E-state index contributed by atoms with van der Waals surface area (Å²) >= 11 is 0. The highest BCUT2D eigenvalue weighted by Gasteiger charge is 2.56. The molecule has 0 aliphatic heterocycles. The third-order valence-corrected chi connectivity index (χ3v) is 9.21. The second-order valence-electron chi connectivity index (χ2n) is 11.6. The van der Waals surface area contributed by atoms with E-state index in [-0.39, 0.29) is 29.6 Å². The highest BCUT2D eigenvalue weighted by molar-refractivity contribution is 6.01. The molecule has 0 unspecified atom stereocenters. The summed E-state index contributed by atoms with van der Waals surface area (Å²) in [5.74, 6) is 1.83. The molecule has 0 aromatic heterocycles. The van der Waals surface area contributed by atoms with Gasteiger partial charge in [-0.25, -0.2) is 0 Å². The molecule has 0 aromatic carbocycles. The predicted molar refractivity (Wildman–Crippen MR) is 120 cm³/mol. The van der Waals surface area contributed by atoms with Crippen molar-refractivity contribution >= 4 is 5.78 Å². The van der Waals surface area contributed by atoms with Crippen LogP contribution in [0.2, 0.25) is 0 Å². The quantitative estimate of drug-likeness (QED) is 0.566. The molecular formula is C26H44O4. The fourth-order valence-corrected chi connectivity index (χ4v) is 7.21. The van der Waals surface area contributed by atoms with Gasteiger partial charge in [0.25, 0.3) is 0 Å². The van der Waals surface area contributed by atoms with Gasteiger partial charge in [-0.1, -0.05) is 47.5 Å². The second-order valence-corrected chi connectivity index (χ2v) is 11.6. The van der Waals surface area contributed by atoms with Crippen molar-refractivity contribution in [1.82, 2.24) is 0 Å². The average Bonchev–Trinajstić information content (AvgIpc) is 3.01. The Bertz CT molecular complexity index is 655. The average molecular weight is 421 g/mol. The Labute approximate surface area is 183 Å². The number of ketones is 1. The Morgan fingerprint density at radius 1 is 1.10 bits per heavy atom. The zero-order chi connectivity index (χ0) is 22.3. The molecule has 4 heteroatoms. The summed E-state index contributed by atoms with van der Waals surface area (Å²) in [7, 11) is 0. The van der Waals surface area contributed by atoms with Crippen LogP contribution in [0.1, 0.15) is 86.0 Å². The fraction of sp³-hybridized carbons (Fsp3) is 0.885. The van der Waals surface area contributed by atoms with Crippen LogP contribution in [-0.4, -0.2) is 39.9 Å². The van der Waals surface area contributed by atoms with Crippen LogP contribution in [0.15, 0.2) is 11.6 Å². The van der Waals surface area contributed by atoms with Gasteiger partial charge in [0.15, 0.2) is 5.78 Å². The van der Waals surface area contributed by atoms with Crippen LogP contribution >= 0.6 is 0 Å². The lowest BCUT2D eigenvalue weighted by Crippen LogP contribution is -2.52. The van der Waals surface area contributed by atoms with Crippen LogP contribution < -0.4 is 0 Å². The van der Waals surface area contributed by atoms with E-state index < -0.39 is 17.6 Å². The Morgan fingerprint density at radius 2 is 1.80 bits per heavy atom. The van der Waals surface area contributed by atoms with Crippen molar-refractivity contribution in [3.05, 3.63) is 11.6 Å². The Kier molecular flexibility index (Phi) is 7.21. The van der Waals surface area contributed by atoms with E-state index >= 15 is 0 Å². The molecule has 8 atom stereocenters. The van der Waals surface area contributed by atoms with E-state index in [4.69, 9.17) is 0 Å². The molecule has 30 heavy (non-hydrogen) atoms. The summed E-state index contributed by atoms with van der Waals surface area (Å²) in [4.78, 5) is 13.8. The summed E-state index contributed by atoms with van der Waals surface area (Å²) in [6.07, 6.45) is 7.65. The maximum absolute atomic E-state index is 13.8. The maximum atomic E-state index is 13.8. The molecular weight excluding hydrogens is 376 g/mol. The first-order valence-electron chi connectivity index (χ1n) is 12.3. The SMILES string of the molecule is CC(C)CC[C@@H](C)[C@H]1CC[C@@H](C2=C[C@H](O)[C@H]3C[C@@H](O)CC[C@]3(C)C2=O)[C@]1(C)CCO. The molecule has 0 bridgehead atoms. The highest BCUT2D eigenvalue weighted by atomic mass is 16.3.